The Hall–Kier alpha value is -2.14. The van der Waals surface area contributed by atoms with Crippen LogP contribution in [0.25, 0.3) is 0 Å². The first kappa shape index (κ1) is 13.9. The number of aromatic nitrogens is 2. The maximum atomic E-state index is 12.8. The number of nitro groups is 1. The number of aliphatic hydroxyl groups excluding tert-OH is 1. The fourth-order valence-corrected chi connectivity index (χ4v) is 1.06. The number of nitrogens with one attached hydrogen (secondary N) is 2. The van der Waals surface area contributed by atoms with Crippen LogP contribution in [-0.2, 0) is 0 Å². The molecule has 11 heteroatoms. The Morgan fingerprint density at radius 3 is 2.61 bits per heavy atom. The van der Waals surface area contributed by atoms with Gasteiger partial charge in [0.05, 0.1) is 11.5 Å². The van der Waals surface area contributed by atoms with Gasteiger partial charge in [0.1, 0.15) is 12.9 Å². The maximum Gasteiger partial charge on any atom is 0.354 e. The summed E-state index contributed by atoms with van der Waals surface area (Å²) in [5.74, 6) is 0.848. The minimum atomic E-state index is -3.42. The molecule has 0 aromatic carbocycles. The second kappa shape index (κ2) is 5.46. The van der Waals surface area contributed by atoms with Crippen molar-refractivity contribution in [3.05, 3.63) is 16.4 Å². The molecule has 1 heterocycles. The van der Waals surface area contributed by atoms with Crippen LogP contribution in [-0.4, -0.2) is 39.1 Å². The van der Waals surface area contributed by atoms with E-state index in [1.165, 1.54) is 0 Å². The maximum absolute atomic E-state index is 12.8. The van der Waals surface area contributed by atoms with Crippen molar-refractivity contribution in [3.63, 3.8) is 0 Å². The molecular weight excluding hydrogens is 254 g/mol. The van der Waals surface area contributed by atoms with Crippen molar-refractivity contribution in [1.82, 2.24) is 9.97 Å². The van der Waals surface area contributed by atoms with E-state index in [2.05, 4.69) is 15.3 Å². The van der Waals surface area contributed by atoms with Crippen LogP contribution in [0.3, 0.4) is 0 Å². The van der Waals surface area contributed by atoms with Crippen LogP contribution in [0.4, 0.5) is 26.1 Å². The van der Waals surface area contributed by atoms with Gasteiger partial charge in [0, 0.05) is 0 Å². The van der Waals surface area contributed by atoms with E-state index in [0.717, 1.165) is 6.33 Å². The lowest BCUT2D eigenvalue weighted by molar-refractivity contribution is -0.383. The van der Waals surface area contributed by atoms with Crippen molar-refractivity contribution in [1.29, 1.82) is 0 Å². The predicted octanol–water partition coefficient (Wildman–Crippen LogP) is -0.290. The Morgan fingerprint density at radius 1 is 1.50 bits per heavy atom. The molecule has 1 aromatic heterocycles. The number of hydrogen-bond donors (Lipinski definition) is 4. The second-order valence-electron chi connectivity index (χ2n) is 3.19. The Labute approximate surface area is 99.2 Å². The molecule has 0 amide bonds. The molecule has 100 valence electrons. The van der Waals surface area contributed by atoms with Gasteiger partial charge in [-0.3, -0.25) is 10.1 Å². The van der Waals surface area contributed by atoms with Crippen LogP contribution < -0.4 is 16.6 Å². The average Bonchev–Trinajstić information content (AvgIpc) is 2.35. The van der Waals surface area contributed by atoms with E-state index in [0.29, 0.717) is 0 Å². The van der Waals surface area contributed by atoms with Gasteiger partial charge in [0.25, 0.3) is 5.92 Å². The van der Waals surface area contributed by atoms with E-state index >= 15 is 0 Å². The smallest absolute Gasteiger partial charge is 0.354 e. The summed E-state index contributed by atoms with van der Waals surface area (Å²) in [4.78, 5) is 16.8. The van der Waals surface area contributed by atoms with Crippen molar-refractivity contribution in [3.8, 4) is 0 Å². The number of alkyl halides is 2. The number of hydrogen-bond acceptors (Lipinski definition) is 8. The monoisotopic (exact) mass is 264 g/mol. The number of nitrogen functional groups attached to an aromatic ring is 1. The molecule has 0 atom stereocenters. The lowest BCUT2D eigenvalue weighted by atomic mass is 10.3. The van der Waals surface area contributed by atoms with Crippen molar-refractivity contribution < 1.29 is 18.8 Å². The molecule has 0 aliphatic heterocycles. The summed E-state index contributed by atoms with van der Waals surface area (Å²) in [5.41, 5.74) is 1.30. The molecular formula is C7H10F2N6O3. The van der Waals surface area contributed by atoms with Crippen molar-refractivity contribution >= 4 is 17.3 Å². The molecule has 0 saturated carbocycles. The van der Waals surface area contributed by atoms with Crippen LogP contribution in [0.1, 0.15) is 0 Å². The Morgan fingerprint density at radius 2 is 2.11 bits per heavy atom. The van der Waals surface area contributed by atoms with Gasteiger partial charge in [0.15, 0.2) is 0 Å². The minimum absolute atomic E-state index is 0.315. The zero-order valence-corrected chi connectivity index (χ0v) is 8.93. The highest BCUT2D eigenvalue weighted by molar-refractivity contribution is 5.68. The third-order valence-corrected chi connectivity index (χ3v) is 1.89. The molecule has 1 aromatic rings. The molecule has 0 bridgehead atoms. The highest BCUT2D eigenvalue weighted by atomic mass is 19.3. The molecule has 1 rings (SSSR count). The summed E-state index contributed by atoms with van der Waals surface area (Å²) in [5, 5.41) is 21.2. The Balaban J connectivity index is 2.99. The van der Waals surface area contributed by atoms with Gasteiger partial charge in [-0.1, -0.05) is 0 Å². The van der Waals surface area contributed by atoms with Gasteiger partial charge >= 0.3 is 5.69 Å². The topological polar surface area (TPSA) is 139 Å². The van der Waals surface area contributed by atoms with E-state index in [1.807, 2.05) is 5.43 Å². The first-order valence-corrected chi connectivity index (χ1v) is 4.60. The second-order valence-corrected chi connectivity index (χ2v) is 3.19. The van der Waals surface area contributed by atoms with Crippen molar-refractivity contribution in [2.24, 2.45) is 5.84 Å². The van der Waals surface area contributed by atoms with E-state index in [-0.39, 0.29) is 5.82 Å². The van der Waals surface area contributed by atoms with E-state index in [1.54, 1.807) is 0 Å². The standard InChI is InChI=1S/C7H10F2N6O3/c8-7(9,2-16)1-11-5-4(15(17)18)6(14-10)13-3-12-5/h3,16H,1-2,10H2,(H2,11,12,13,14). The van der Waals surface area contributed by atoms with Crippen molar-refractivity contribution in [2.45, 2.75) is 5.92 Å². The van der Waals surface area contributed by atoms with Crippen LogP contribution in [0, 0.1) is 10.1 Å². The fourth-order valence-electron chi connectivity index (χ4n) is 1.06. The molecule has 0 radical (unpaired) electrons. The fraction of sp³-hybridized carbons (Fsp3) is 0.429. The van der Waals surface area contributed by atoms with Gasteiger partial charge in [0.2, 0.25) is 11.6 Å². The summed E-state index contributed by atoms with van der Waals surface area (Å²) in [6, 6.07) is 0. The van der Waals surface area contributed by atoms with Gasteiger partial charge in [-0.2, -0.15) is 0 Å². The number of halogens is 2. The first-order valence-electron chi connectivity index (χ1n) is 4.60. The molecule has 0 saturated heterocycles. The number of anilines is 2. The molecule has 18 heavy (non-hydrogen) atoms. The lowest BCUT2D eigenvalue weighted by Crippen LogP contribution is -2.31. The van der Waals surface area contributed by atoms with Crippen molar-refractivity contribution in [2.75, 3.05) is 23.9 Å². The predicted molar refractivity (Wildman–Crippen MR) is 57.0 cm³/mol. The zero-order valence-electron chi connectivity index (χ0n) is 8.93. The molecule has 0 unspecified atom stereocenters. The zero-order chi connectivity index (χ0) is 13.8. The van der Waals surface area contributed by atoms with E-state index in [4.69, 9.17) is 10.9 Å². The van der Waals surface area contributed by atoms with Crippen LogP contribution in [0.5, 0.6) is 0 Å². The summed E-state index contributed by atoms with van der Waals surface area (Å²) in [7, 11) is 0. The number of rotatable bonds is 6. The molecule has 0 aliphatic carbocycles. The number of aliphatic hydroxyl groups is 1. The molecule has 0 spiro atoms. The minimum Gasteiger partial charge on any atom is -0.390 e. The highest BCUT2D eigenvalue weighted by Crippen LogP contribution is 2.28. The van der Waals surface area contributed by atoms with E-state index in [9.17, 15) is 18.9 Å². The highest BCUT2D eigenvalue weighted by Gasteiger charge is 2.30. The third kappa shape index (κ3) is 3.18. The molecule has 5 N–H and O–H groups in total. The van der Waals surface area contributed by atoms with Crippen LogP contribution in [0.15, 0.2) is 6.33 Å². The summed E-state index contributed by atoms with van der Waals surface area (Å²) >= 11 is 0. The third-order valence-electron chi connectivity index (χ3n) is 1.89. The van der Waals surface area contributed by atoms with Crippen LogP contribution in [0.2, 0.25) is 0 Å². The van der Waals surface area contributed by atoms with E-state index < -0.39 is 35.5 Å². The van der Waals surface area contributed by atoms with Gasteiger partial charge in [-0.15, -0.1) is 0 Å². The first-order chi connectivity index (χ1) is 8.41. The number of hydrazine groups is 1. The van der Waals surface area contributed by atoms with Gasteiger partial charge < -0.3 is 15.8 Å². The molecule has 0 aliphatic rings. The molecule has 0 fully saturated rings. The summed E-state index contributed by atoms with van der Waals surface area (Å²) < 4.78 is 25.6. The lowest BCUT2D eigenvalue weighted by Gasteiger charge is -2.14. The molecule has 9 nitrogen and oxygen atoms in total. The SMILES string of the molecule is NNc1ncnc(NCC(F)(F)CO)c1[N+](=O)[O-]. The van der Waals surface area contributed by atoms with Gasteiger partial charge in [-0.05, 0) is 0 Å². The average molecular weight is 264 g/mol. The number of nitrogens with zero attached hydrogens (tertiary/aromatic N) is 3. The summed E-state index contributed by atoms with van der Waals surface area (Å²) in [6.07, 6.45) is 0.918. The largest absolute Gasteiger partial charge is 0.390 e. The quantitative estimate of drug-likeness (QED) is 0.312. The van der Waals surface area contributed by atoms with Gasteiger partial charge in [-0.25, -0.2) is 24.6 Å². The number of nitrogens with two attached hydrogens (primary N) is 1. The Kier molecular flexibility index (Phi) is 4.23. The van der Waals surface area contributed by atoms with Crippen LogP contribution >= 0.6 is 0 Å². The normalized spacial score (nSPS) is 11.1. The summed E-state index contributed by atoms with van der Waals surface area (Å²) in [6.45, 7) is -2.40. The Bertz CT molecular complexity index is 443.